The number of anilines is 2. The van der Waals surface area contributed by atoms with Crippen LogP contribution in [0.4, 0.5) is 21.0 Å². The van der Waals surface area contributed by atoms with Crippen LogP contribution in [0.1, 0.15) is 84.6 Å². The number of hydrogen-bond acceptors (Lipinski definition) is 2. The molecule has 0 aliphatic carbocycles. The maximum atomic E-state index is 12.4. The van der Waals surface area contributed by atoms with E-state index in [4.69, 9.17) is 11.5 Å². The highest BCUT2D eigenvalue weighted by Gasteiger charge is 2.24. The lowest BCUT2D eigenvalue weighted by molar-refractivity contribution is 0.251. The molecule has 6 nitrogen and oxygen atoms in total. The fourth-order valence-corrected chi connectivity index (χ4v) is 4.16. The largest absolute Gasteiger partial charge is 0.351 e. The Kier molecular flexibility index (Phi) is 12.1. The Hall–Kier alpha value is -2.24. The second-order valence-corrected chi connectivity index (χ2v) is 8.65. The van der Waals surface area contributed by atoms with Gasteiger partial charge in [-0.1, -0.05) is 72.3 Å². The van der Waals surface area contributed by atoms with E-state index >= 15 is 0 Å². The van der Waals surface area contributed by atoms with Crippen LogP contribution < -0.4 is 21.3 Å². The Morgan fingerprint density at radius 1 is 0.806 bits per heavy atom. The van der Waals surface area contributed by atoms with E-state index in [9.17, 15) is 9.59 Å². The summed E-state index contributed by atoms with van der Waals surface area (Å²) in [6.45, 7) is 11.8. The van der Waals surface area contributed by atoms with Crippen LogP contribution in [0.2, 0.25) is 0 Å². The van der Waals surface area contributed by atoms with Gasteiger partial charge in [-0.05, 0) is 49.3 Å². The lowest BCUT2D eigenvalue weighted by atomic mass is 9.97. The van der Waals surface area contributed by atoms with E-state index < -0.39 is 12.1 Å². The van der Waals surface area contributed by atoms with Gasteiger partial charge >= 0.3 is 12.1 Å². The summed E-state index contributed by atoms with van der Waals surface area (Å²) in [5.41, 5.74) is 14.0. The van der Waals surface area contributed by atoms with Crippen molar-refractivity contribution in [2.24, 2.45) is 23.3 Å². The van der Waals surface area contributed by atoms with Crippen LogP contribution in [0.15, 0.2) is 18.2 Å². The maximum absolute atomic E-state index is 12.4. The summed E-state index contributed by atoms with van der Waals surface area (Å²) in [5.74, 6) is 0.780. The van der Waals surface area contributed by atoms with Crippen molar-refractivity contribution < 1.29 is 9.59 Å². The molecule has 1 aromatic carbocycles. The van der Waals surface area contributed by atoms with Crippen LogP contribution in [-0.4, -0.2) is 25.2 Å². The molecular weight excluding hydrogens is 388 g/mol. The fourth-order valence-electron chi connectivity index (χ4n) is 4.16. The number of benzene rings is 1. The number of carbonyl (C=O) groups is 2. The second-order valence-electron chi connectivity index (χ2n) is 8.65. The van der Waals surface area contributed by atoms with E-state index in [1.165, 1.54) is 0 Å². The third-order valence-electron chi connectivity index (χ3n) is 6.36. The molecule has 0 radical (unpaired) electrons. The molecule has 0 fully saturated rings. The average molecular weight is 433 g/mol. The molecule has 0 heterocycles. The predicted molar refractivity (Wildman–Crippen MR) is 132 cm³/mol. The lowest BCUT2D eigenvalue weighted by Crippen LogP contribution is -2.41. The van der Waals surface area contributed by atoms with Crippen molar-refractivity contribution >= 4 is 23.4 Å². The zero-order valence-corrected chi connectivity index (χ0v) is 20.3. The van der Waals surface area contributed by atoms with Gasteiger partial charge in [0.15, 0.2) is 0 Å². The summed E-state index contributed by atoms with van der Waals surface area (Å²) in [5, 5.41) is 0. The van der Waals surface area contributed by atoms with Crippen molar-refractivity contribution in [2.75, 3.05) is 22.9 Å². The highest BCUT2D eigenvalue weighted by atomic mass is 16.2. The van der Waals surface area contributed by atoms with Crippen molar-refractivity contribution in [1.82, 2.24) is 0 Å². The molecule has 31 heavy (non-hydrogen) atoms. The van der Waals surface area contributed by atoms with E-state index in [2.05, 4.69) is 27.7 Å². The van der Waals surface area contributed by atoms with Crippen LogP contribution in [0.5, 0.6) is 0 Å². The number of amides is 4. The number of urea groups is 2. The van der Waals surface area contributed by atoms with Crippen molar-refractivity contribution in [2.45, 2.75) is 86.0 Å². The first-order chi connectivity index (χ1) is 14.8. The van der Waals surface area contributed by atoms with E-state index in [1.54, 1.807) is 9.80 Å². The number of unbranched alkanes of at least 4 members (excludes halogenated alkanes) is 2. The van der Waals surface area contributed by atoms with Gasteiger partial charge in [0.25, 0.3) is 0 Å². The molecule has 0 spiro atoms. The third-order valence-corrected chi connectivity index (χ3v) is 6.36. The monoisotopic (exact) mass is 432 g/mol. The van der Waals surface area contributed by atoms with Gasteiger partial charge in [0.1, 0.15) is 0 Å². The minimum absolute atomic E-state index is 0.390. The number of nitrogens with zero attached hydrogens (tertiary/aromatic N) is 2. The van der Waals surface area contributed by atoms with Crippen LogP contribution >= 0.6 is 0 Å². The first-order valence-corrected chi connectivity index (χ1v) is 12.0. The molecule has 1 aromatic rings. The van der Waals surface area contributed by atoms with Crippen LogP contribution in [0.25, 0.3) is 0 Å². The number of rotatable bonds is 14. The Balaban J connectivity index is 3.24. The molecule has 4 N–H and O–H groups in total. The van der Waals surface area contributed by atoms with Gasteiger partial charge in [0.2, 0.25) is 0 Å². The molecule has 6 heteroatoms. The van der Waals surface area contributed by atoms with Crippen molar-refractivity contribution in [3.05, 3.63) is 23.8 Å². The molecule has 0 saturated heterocycles. The van der Waals surface area contributed by atoms with Crippen molar-refractivity contribution in [3.63, 3.8) is 0 Å². The summed E-state index contributed by atoms with van der Waals surface area (Å²) in [7, 11) is 0. The zero-order valence-electron chi connectivity index (χ0n) is 20.3. The molecule has 2 unspecified atom stereocenters. The average Bonchev–Trinajstić information content (AvgIpc) is 2.74. The van der Waals surface area contributed by atoms with Gasteiger partial charge in [-0.15, -0.1) is 0 Å². The van der Waals surface area contributed by atoms with E-state index in [0.29, 0.717) is 24.9 Å². The van der Waals surface area contributed by atoms with Gasteiger partial charge in [-0.25, -0.2) is 9.59 Å². The van der Waals surface area contributed by atoms with E-state index in [-0.39, 0.29) is 0 Å². The SMILES string of the molecule is CCCCC(CC)CN(C(N)=O)c1cccc(N(CC(CC)CCCC)C(N)=O)c1C. The quantitative estimate of drug-likeness (QED) is 0.366. The number of primary amides is 2. The van der Waals surface area contributed by atoms with Crippen LogP contribution in [0.3, 0.4) is 0 Å². The summed E-state index contributed by atoms with van der Waals surface area (Å²) < 4.78 is 0. The van der Waals surface area contributed by atoms with Gasteiger partial charge in [0, 0.05) is 13.1 Å². The van der Waals surface area contributed by atoms with Crippen LogP contribution in [0, 0.1) is 18.8 Å². The van der Waals surface area contributed by atoms with Gasteiger partial charge in [-0.3, -0.25) is 9.80 Å². The van der Waals surface area contributed by atoms with Crippen LogP contribution in [-0.2, 0) is 0 Å². The molecule has 2 atom stereocenters. The molecule has 0 aromatic heterocycles. The fraction of sp³-hybridized carbons (Fsp3) is 0.680. The lowest BCUT2D eigenvalue weighted by Gasteiger charge is -2.31. The smallest absolute Gasteiger partial charge is 0.319 e. The van der Waals surface area contributed by atoms with Gasteiger partial charge in [-0.2, -0.15) is 0 Å². The molecule has 4 amide bonds. The number of hydrogen-bond donors (Lipinski definition) is 2. The summed E-state index contributed by atoms with van der Waals surface area (Å²) >= 11 is 0. The zero-order chi connectivity index (χ0) is 23.4. The summed E-state index contributed by atoms with van der Waals surface area (Å²) in [4.78, 5) is 28.1. The summed E-state index contributed by atoms with van der Waals surface area (Å²) in [6.07, 6.45) is 8.65. The summed E-state index contributed by atoms with van der Waals surface area (Å²) in [6, 6.07) is 4.77. The molecule has 0 bridgehead atoms. The topological polar surface area (TPSA) is 92.7 Å². The van der Waals surface area contributed by atoms with E-state index in [1.807, 2.05) is 25.1 Å². The Morgan fingerprint density at radius 2 is 1.19 bits per heavy atom. The second kappa shape index (κ2) is 13.9. The maximum Gasteiger partial charge on any atom is 0.319 e. The number of carbonyl (C=O) groups excluding carboxylic acids is 2. The first-order valence-electron chi connectivity index (χ1n) is 12.0. The normalized spacial score (nSPS) is 12.9. The van der Waals surface area contributed by atoms with Gasteiger partial charge < -0.3 is 11.5 Å². The molecule has 176 valence electrons. The molecule has 0 aliphatic rings. The minimum atomic E-state index is -0.463. The molecule has 1 rings (SSSR count). The third kappa shape index (κ3) is 8.08. The number of nitrogens with two attached hydrogens (primary N) is 2. The molecule has 0 saturated carbocycles. The Bertz CT molecular complexity index is 638. The van der Waals surface area contributed by atoms with E-state index in [0.717, 1.165) is 68.3 Å². The Labute approximate surface area is 189 Å². The molecule has 0 aliphatic heterocycles. The highest BCUT2D eigenvalue weighted by Crippen LogP contribution is 2.32. The predicted octanol–water partition coefficient (Wildman–Crippen LogP) is 6.20. The first kappa shape index (κ1) is 26.8. The molecular formula is C25H44N4O2. The highest BCUT2D eigenvalue weighted by molar-refractivity contribution is 5.96. The van der Waals surface area contributed by atoms with Crippen molar-refractivity contribution in [3.8, 4) is 0 Å². The standard InChI is InChI=1S/C25H44N4O2/c1-6-10-13-20(8-3)17-28(24(26)30)22-15-12-16-23(19(22)5)29(25(27)31)18-21(9-4)14-11-7-2/h12,15-16,20-21H,6-11,13-14,17-18H2,1-5H3,(H2,26,30)(H2,27,31). The van der Waals surface area contributed by atoms with Gasteiger partial charge in [0.05, 0.1) is 11.4 Å². The van der Waals surface area contributed by atoms with Crippen molar-refractivity contribution in [1.29, 1.82) is 0 Å². The Morgan fingerprint density at radius 3 is 1.48 bits per heavy atom. The minimum Gasteiger partial charge on any atom is -0.351 e.